The lowest BCUT2D eigenvalue weighted by atomic mass is 10.00. The third kappa shape index (κ3) is 4.29. The topological polar surface area (TPSA) is 27.9 Å². The number of para-hydroxylation sites is 5. The van der Waals surface area contributed by atoms with Gasteiger partial charge in [0.25, 0.3) is 0 Å². The maximum absolute atomic E-state index is 6.65. The van der Waals surface area contributed by atoms with Crippen LogP contribution in [0.3, 0.4) is 0 Å². The van der Waals surface area contributed by atoms with Crippen LogP contribution in [0.25, 0.3) is 116 Å². The van der Waals surface area contributed by atoms with Gasteiger partial charge in [0.1, 0.15) is 11.2 Å². The van der Waals surface area contributed by atoms with E-state index in [-0.39, 0.29) is 0 Å². The fraction of sp³-hybridized carbons (Fsp3) is 0. The van der Waals surface area contributed by atoms with E-state index in [0.29, 0.717) is 0 Å². The molecule has 4 heteroatoms. The van der Waals surface area contributed by atoms with Crippen molar-refractivity contribution in [1.29, 1.82) is 0 Å². The molecular formula is C54H33N3O. The van der Waals surface area contributed by atoms with Crippen LogP contribution in [0.2, 0.25) is 0 Å². The van der Waals surface area contributed by atoms with E-state index in [0.717, 1.165) is 61.0 Å². The molecule has 0 atom stereocenters. The Morgan fingerprint density at radius 3 is 1.55 bits per heavy atom. The smallest absolute Gasteiger partial charge is 0.145 e. The van der Waals surface area contributed by atoms with Crippen LogP contribution in [0, 0.1) is 0 Å². The Hall–Kier alpha value is -7.82. The summed E-state index contributed by atoms with van der Waals surface area (Å²) in [7, 11) is 0. The van der Waals surface area contributed by atoms with Crippen molar-refractivity contribution in [3.05, 3.63) is 200 Å². The zero-order valence-electron chi connectivity index (χ0n) is 31.3. The molecule has 13 rings (SSSR count). The molecule has 0 fully saturated rings. The molecule has 0 aliphatic heterocycles. The molecule has 0 saturated carbocycles. The lowest BCUT2D eigenvalue weighted by Gasteiger charge is -2.10. The Morgan fingerprint density at radius 1 is 0.293 bits per heavy atom. The normalized spacial score (nSPS) is 12.1. The van der Waals surface area contributed by atoms with E-state index in [2.05, 4.69) is 208 Å². The molecule has 0 spiro atoms. The van der Waals surface area contributed by atoms with Gasteiger partial charge in [0.15, 0.2) is 0 Å². The Balaban J connectivity index is 1.13. The number of aromatic nitrogens is 3. The second-order valence-electron chi connectivity index (χ2n) is 15.3. The summed E-state index contributed by atoms with van der Waals surface area (Å²) in [6.07, 6.45) is 0. The van der Waals surface area contributed by atoms with Crippen LogP contribution >= 0.6 is 0 Å². The number of rotatable bonds is 4. The van der Waals surface area contributed by atoms with E-state index in [4.69, 9.17) is 4.42 Å². The highest BCUT2D eigenvalue weighted by Crippen LogP contribution is 2.45. The first-order chi connectivity index (χ1) is 28.8. The fourth-order valence-electron chi connectivity index (χ4n) is 9.76. The highest BCUT2D eigenvalue weighted by molar-refractivity contribution is 6.27. The molecule has 0 bridgehead atoms. The molecule has 0 unspecified atom stereocenters. The zero-order chi connectivity index (χ0) is 37.9. The number of furan rings is 1. The predicted molar refractivity (Wildman–Crippen MR) is 242 cm³/mol. The first-order valence-electron chi connectivity index (χ1n) is 19.9. The van der Waals surface area contributed by atoms with Gasteiger partial charge in [-0.15, -0.1) is 0 Å². The molecule has 0 saturated heterocycles. The summed E-state index contributed by atoms with van der Waals surface area (Å²) in [5, 5.41) is 9.53. The van der Waals surface area contributed by atoms with Crippen molar-refractivity contribution in [3.63, 3.8) is 0 Å². The molecule has 0 N–H and O–H groups in total. The van der Waals surface area contributed by atoms with Crippen LogP contribution in [-0.2, 0) is 0 Å². The van der Waals surface area contributed by atoms with Gasteiger partial charge < -0.3 is 18.1 Å². The second-order valence-corrected chi connectivity index (χ2v) is 15.3. The lowest BCUT2D eigenvalue weighted by Crippen LogP contribution is -1.95. The SMILES string of the molecule is c1ccc(-n2c3cc(-c4ccc5c(c4)c4c(ccc6c7ccccc7n(-c7ccccc7)c64)n5-c4ccccc4)ccc3c3c4oc5ccccc5c4ccc32)cc1. The molecule has 0 aliphatic carbocycles. The number of benzene rings is 9. The predicted octanol–water partition coefficient (Wildman–Crippen LogP) is 14.5. The van der Waals surface area contributed by atoms with E-state index in [1.165, 1.54) is 54.6 Å². The third-order valence-corrected chi connectivity index (χ3v) is 12.2. The number of hydrogen-bond acceptors (Lipinski definition) is 1. The minimum absolute atomic E-state index is 0.908. The Morgan fingerprint density at radius 2 is 0.810 bits per heavy atom. The molecule has 0 radical (unpaired) electrons. The highest BCUT2D eigenvalue weighted by Gasteiger charge is 2.23. The van der Waals surface area contributed by atoms with Crippen molar-refractivity contribution in [1.82, 2.24) is 13.7 Å². The minimum Gasteiger partial charge on any atom is -0.455 e. The Labute approximate surface area is 332 Å². The summed E-state index contributed by atoms with van der Waals surface area (Å²) in [5.74, 6) is 0. The summed E-state index contributed by atoms with van der Waals surface area (Å²) in [5.41, 5.74) is 14.6. The lowest BCUT2D eigenvalue weighted by molar-refractivity contribution is 0.673. The molecule has 0 aliphatic rings. The van der Waals surface area contributed by atoms with Crippen molar-refractivity contribution in [2.45, 2.75) is 0 Å². The minimum atomic E-state index is 0.908. The van der Waals surface area contributed by atoms with Crippen molar-refractivity contribution in [3.8, 4) is 28.2 Å². The van der Waals surface area contributed by atoms with Gasteiger partial charge in [-0.3, -0.25) is 0 Å². The van der Waals surface area contributed by atoms with E-state index >= 15 is 0 Å². The van der Waals surface area contributed by atoms with Gasteiger partial charge in [-0.2, -0.15) is 0 Å². The van der Waals surface area contributed by atoms with Crippen LogP contribution in [0.1, 0.15) is 0 Å². The van der Waals surface area contributed by atoms with Gasteiger partial charge in [0.05, 0.1) is 38.5 Å². The second kappa shape index (κ2) is 11.8. The summed E-state index contributed by atoms with van der Waals surface area (Å²) < 4.78 is 13.9. The Kier molecular flexibility index (Phi) is 6.41. The van der Waals surface area contributed by atoms with Crippen LogP contribution in [0.5, 0.6) is 0 Å². The first-order valence-corrected chi connectivity index (χ1v) is 19.9. The van der Waals surface area contributed by atoms with Crippen LogP contribution in [0.15, 0.2) is 205 Å². The first kappa shape index (κ1) is 31.4. The maximum Gasteiger partial charge on any atom is 0.145 e. The maximum atomic E-state index is 6.65. The van der Waals surface area contributed by atoms with Crippen LogP contribution in [0.4, 0.5) is 0 Å². The van der Waals surface area contributed by atoms with Crippen molar-refractivity contribution in [2.24, 2.45) is 0 Å². The van der Waals surface area contributed by atoms with E-state index in [1.54, 1.807) is 0 Å². The largest absolute Gasteiger partial charge is 0.455 e. The standard InChI is InChI=1S/C54H33N3O/c1-4-14-36(15-5-1)55-46-29-25-34(32-44(46)51-47(55)30-27-41-39-20-10-12-22-45(39)57(53(41)51)38-18-8-3-9-19-38)35-24-26-43-49(33-35)56(37-16-6-2-7-17-37)48-31-28-42-40-21-11-13-23-50(40)58-54(42)52(43)48/h1-33H. The van der Waals surface area contributed by atoms with Crippen LogP contribution < -0.4 is 0 Å². The van der Waals surface area contributed by atoms with Crippen molar-refractivity contribution in [2.75, 3.05) is 0 Å². The van der Waals surface area contributed by atoms with Crippen molar-refractivity contribution < 1.29 is 4.42 Å². The molecule has 270 valence electrons. The Bertz CT molecular complexity index is 3770. The quantitative estimate of drug-likeness (QED) is 0.177. The number of nitrogens with zero attached hydrogens (tertiary/aromatic N) is 3. The van der Waals surface area contributed by atoms with E-state index in [9.17, 15) is 0 Å². The van der Waals surface area contributed by atoms with Gasteiger partial charge in [-0.05, 0) is 96.1 Å². The molecule has 4 aromatic heterocycles. The van der Waals surface area contributed by atoms with Gasteiger partial charge in [-0.1, -0.05) is 115 Å². The summed E-state index contributed by atoms with van der Waals surface area (Å²) in [4.78, 5) is 0. The summed E-state index contributed by atoms with van der Waals surface area (Å²) >= 11 is 0. The van der Waals surface area contributed by atoms with Gasteiger partial charge >= 0.3 is 0 Å². The van der Waals surface area contributed by atoms with E-state index < -0.39 is 0 Å². The monoisotopic (exact) mass is 739 g/mol. The molecule has 58 heavy (non-hydrogen) atoms. The number of hydrogen-bond donors (Lipinski definition) is 0. The average molecular weight is 740 g/mol. The highest BCUT2D eigenvalue weighted by atomic mass is 16.3. The van der Waals surface area contributed by atoms with Crippen LogP contribution in [-0.4, -0.2) is 13.7 Å². The molecule has 9 aromatic carbocycles. The number of fused-ring (bicyclic) bond motifs is 14. The van der Waals surface area contributed by atoms with E-state index in [1.807, 2.05) is 6.07 Å². The molecule has 13 aromatic rings. The van der Waals surface area contributed by atoms with Gasteiger partial charge in [-0.25, -0.2) is 0 Å². The van der Waals surface area contributed by atoms with Gasteiger partial charge in [0.2, 0.25) is 0 Å². The molecule has 4 nitrogen and oxygen atoms in total. The summed E-state index contributed by atoms with van der Waals surface area (Å²) in [6.45, 7) is 0. The average Bonchev–Trinajstić information content (AvgIpc) is 4.03. The zero-order valence-corrected chi connectivity index (χ0v) is 31.3. The summed E-state index contributed by atoms with van der Waals surface area (Å²) in [6, 6.07) is 72.4. The molecular weight excluding hydrogens is 707 g/mol. The fourth-order valence-corrected chi connectivity index (χ4v) is 9.76. The molecule has 0 amide bonds. The third-order valence-electron chi connectivity index (χ3n) is 12.2. The molecule has 4 heterocycles. The van der Waals surface area contributed by atoms with Crippen molar-refractivity contribution >= 4 is 87.4 Å². The van der Waals surface area contributed by atoms with Gasteiger partial charge in [0, 0.05) is 54.8 Å².